The van der Waals surface area contributed by atoms with Crippen molar-refractivity contribution >= 4 is 28.8 Å². The lowest BCUT2D eigenvalue weighted by atomic mass is 10.2. The first-order valence-corrected chi connectivity index (χ1v) is 11.8. The Labute approximate surface area is 185 Å². The van der Waals surface area contributed by atoms with Crippen molar-refractivity contribution in [3.8, 4) is 0 Å². The van der Waals surface area contributed by atoms with E-state index in [-0.39, 0.29) is 28.7 Å². The van der Waals surface area contributed by atoms with Crippen molar-refractivity contribution in [1.82, 2.24) is 18.8 Å². The van der Waals surface area contributed by atoms with Gasteiger partial charge in [-0.1, -0.05) is 6.58 Å². The maximum absolute atomic E-state index is 13.5. The van der Waals surface area contributed by atoms with Crippen LogP contribution >= 0.6 is 11.9 Å². The summed E-state index contributed by atoms with van der Waals surface area (Å²) in [7, 11) is 0. The van der Waals surface area contributed by atoms with Gasteiger partial charge >= 0.3 is 5.69 Å². The van der Waals surface area contributed by atoms with Crippen molar-refractivity contribution < 1.29 is 4.79 Å². The molecule has 2 aliphatic carbocycles. The van der Waals surface area contributed by atoms with Crippen LogP contribution in [0.15, 0.2) is 45.3 Å². The van der Waals surface area contributed by atoms with Gasteiger partial charge < -0.3 is 4.90 Å². The molecule has 1 unspecified atom stereocenters. The number of nitrogens with zero attached hydrogens (tertiary/aromatic N) is 3. The van der Waals surface area contributed by atoms with Gasteiger partial charge in [0.25, 0.3) is 5.56 Å². The molecule has 1 N–H and O–H groups in total. The molecule has 5 rings (SSSR count). The van der Waals surface area contributed by atoms with Crippen LogP contribution in [0.3, 0.4) is 0 Å². The van der Waals surface area contributed by atoms with Crippen molar-refractivity contribution in [2.75, 3.05) is 13.1 Å². The number of fused-ring (bicyclic) bond motifs is 1. The maximum Gasteiger partial charge on any atom is 0.331 e. The summed E-state index contributed by atoms with van der Waals surface area (Å²) in [6.07, 6.45) is 6.43. The molecule has 1 aromatic heterocycles. The minimum atomic E-state index is -0.307. The van der Waals surface area contributed by atoms with Gasteiger partial charge in [-0.05, 0) is 81.2 Å². The van der Waals surface area contributed by atoms with Crippen LogP contribution in [0.4, 0.5) is 0 Å². The fourth-order valence-corrected chi connectivity index (χ4v) is 5.13. The van der Waals surface area contributed by atoms with Gasteiger partial charge in [0.2, 0.25) is 5.91 Å². The molecule has 1 atom stereocenters. The monoisotopic (exact) mass is 440 g/mol. The molecule has 0 spiro atoms. The predicted molar refractivity (Wildman–Crippen MR) is 122 cm³/mol. The highest BCUT2D eigenvalue weighted by Crippen LogP contribution is 2.38. The smallest absolute Gasteiger partial charge is 0.331 e. The second-order valence-corrected chi connectivity index (χ2v) is 10.3. The standard InChI is InChI=1S/C23H28N4O3S/c1-3-20(28)25-11-8-16(14-25)27-21(29)18-12-17(31-24-23(2)9-10-23)6-7-19(18)26(22(27)30)13-15-4-5-15/h3,6-7,12,15-16,24H,1,4-5,8-11,13-14H2,2H3. The third kappa shape index (κ3) is 3.99. The van der Waals surface area contributed by atoms with Crippen molar-refractivity contribution in [3.63, 3.8) is 0 Å². The van der Waals surface area contributed by atoms with Gasteiger partial charge in [-0.25, -0.2) is 4.79 Å². The number of amides is 1. The minimum absolute atomic E-state index is 0.159. The molecule has 1 amide bonds. The Balaban J connectivity index is 1.56. The molecule has 2 heterocycles. The first-order valence-electron chi connectivity index (χ1n) is 11.0. The van der Waals surface area contributed by atoms with E-state index in [0.29, 0.717) is 42.9 Å². The summed E-state index contributed by atoms with van der Waals surface area (Å²) in [6.45, 7) is 7.27. The number of aromatic nitrogens is 2. The van der Waals surface area contributed by atoms with Gasteiger partial charge in [-0.2, -0.15) is 0 Å². The van der Waals surface area contributed by atoms with Gasteiger partial charge in [0.15, 0.2) is 0 Å². The number of hydrogen-bond acceptors (Lipinski definition) is 5. The normalized spacial score (nSPS) is 22.1. The SMILES string of the molecule is C=CC(=O)N1CCC(n2c(=O)c3cc(SNC4(C)CC4)ccc3n(CC3CC3)c2=O)C1. The van der Waals surface area contributed by atoms with Gasteiger partial charge in [0.05, 0.1) is 16.9 Å². The molecule has 164 valence electrons. The number of hydrogen-bond donors (Lipinski definition) is 1. The van der Waals surface area contributed by atoms with Crippen LogP contribution in [0.2, 0.25) is 0 Å². The van der Waals surface area contributed by atoms with E-state index in [1.165, 1.54) is 10.6 Å². The van der Waals surface area contributed by atoms with E-state index >= 15 is 0 Å². The summed E-state index contributed by atoms with van der Waals surface area (Å²) in [5.41, 5.74) is 0.365. The van der Waals surface area contributed by atoms with Gasteiger partial charge in [-0.15, -0.1) is 0 Å². The Hall–Kier alpha value is -2.32. The van der Waals surface area contributed by atoms with E-state index in [4.69, 9.17) is 0 Å². The fourth-order valence-electron chi connectivity index (χ4n) is 4.25. The minimum Gasteiger partial charge on any atom is -0.337 e. The quantitative estimate of drug-likeness (QED) is 0.529. The van der Waals surface area contributed by atoms with Crippen molar-refractivity contribution in [3.05, 3.63) is 51.7 Å². The third-order valence-electron chi connectivity index (χ3n) is 6.71. The van der Waals surface area contributed by atoms with E-state index in [1.807, 2.05) is 18.2 Å². The van der Waals surface area contributed by atoms with E-state index in [2.05, 4.69) is 18.2 Å². The Morgan fingerprint density at radius 3 is 2.74 bits per heavy atom. The van der Waals surface area contributed by atoms with Crippen LogP contribution in [-0.2, 0) is 11.3 Å². The number of carbonyl (C=O) groups is 1. The molecule has 2 saturated carbocycles. The van der Waals surface area contributed by atoms with Gasteiger partial charge in [-0.3, -0.25) is 23.4 Å². The first kappa shape index (κ1) is 20.6. The Morgan fingerprint density at radius 1 is 1.29 bits per heavy atom. The zero-order valence-corrected chi connectivity index (χ0v) is 18.6. The summed E-state index contributed by atoms with van der Waals surface area (Å²) in [5, 5.41) is 0.571. The highest BCUT2D eigenvalue weighted by molar-refractivity contribution is 7.97. The molecule has 1 saturated heterocycles. The van der Waals surface area contributed by atoms with Crippen LogP contribution in [0.1, 0.15) is 45.1 Å². The van der Waals surface area contributed by atoms with Gasteiger partial charge in [0, 0.05) is 30.1 Å². The van der Waals surface area contributed by atoms with Crippen LogP contribution < -0.4 is 16.0 Å². The summed E-state index contributed by atoms with van der Waals surface area (Å²) >= 11 is 1.55. The highest BCUT2D eigenvalue weighted by atomic mass is 32.2. The third-order valence-corrected chi connectivity index (χ3v) is 7.80. The Bertz CT molecular complexity index is 1180. The molecule has 0 bridgehead atoms. The zero-order valence-electron chi connectivity index (χ0n) is 17.8. The molecule has 0 radical (unpaired) electrons. The van der Waals surface area contributed by atoms with E-state index in [1.54, 1.807) is 21.4 Å². The summed E-state index contributed by atoms with van der Waals surface area (Å²) < 4.78 is 6.65. The molecule has 31 heavy (non-hydrogen) atoms. The Kier molecular flexibility index (Phi) is 5.09. The van der Waals surface area contributed by atoms with Crippen molar-refractivity contribution in [2.24, 2.45) is 5.92 Å². The molecule has 7 nitrogen and oxygen atoms in total. The maximum atomic E-state index is 13.5. The lowest BCUT2D eigenvalue weighted by Crippen LogP contribution is -2.43. The topological polar surface area (TPSA) is 76.3 Å². The molecule has 8 heteroatoms. The molecule has 3 fully saturated rings. The number of nitrogens with one attached hydrogen (secondary N) is 1. The van der Waals surface area contributed by atoms with Crippen LogP contribution in [0.25, 0.3) is 10.9 Å². The first-order chi connectivity index (χ1) is 14.9. The molecule has 1 aliphatic heterocycles. The van der Waals surface area contributed by atoms with Crippen molar-refractivity contribution in [2.45, 2.75) is 62.0 Å². The fraction of sp³-hybridized carbons (Fsp3) is 0.522. The van der Waals surface area contributed by atoms with E-state index in [9.17, 15) is 14.4 Å². The summed E-state index contributed by atoms with van der Waals surface area (Å²) in [6, 6.07) is 5.49. The molecule has 3 aliphatic rings. The Morgan fingerprint density at radius 2 is 2.06 bits per heavy atom. The largest absolute Gasteiger partial charge is 0.337 e. The highest BCUT2D eigenvalue weighted by Gasteiger charge is 2.37. The molecular formula is C23H28N4O3S. The number of benzene rings is 1. The number of carbonyl (C=O) groups excluding carboxylic acids is 1. The average molecular weight is 441 g/mol. The average Bonchev–Trinajstić information content (AvgIpc) is 3.68. The summed E-state index contributed by atoms with van der Waals surface area (Å²) in [5.74, 6) is 0.341. The van der Waals surface area contributed by atoms with Crippen LogP contribution in [0, 0.1) is 5.92 Å². The van der Waals surface area contributed by atoms with Gasteiger partial charge in [0.1, 0.15) is 0 Å². The van der Waals surface area contributed by atoms with E-state index < -0.39 is 0 Å². The second-order valence-electron chi connectivity index (χ2n) is 9.39. The second kappa shape index (κ2) is 7.67. The lowest BCUT2D eigenvalue weighted by molar-refractivity contribution is -0.125. The van der Waals surface area contributed by atoms with Crippen molar-refractivity contribution in [1.29, 1.82) is 0 Å². The number of rotatable bonds is 7. The lowest BCUT2D eigenvalue weighted by Gasteiger charge is -2.19. The summed E-state index contributed by atoms with van der Waals surface area (Å²) in [4.78, 5) is 41.6. The zero-order chi connectivity index (χ0) is 21.8. The number of likely N-dealkylation sites (tertiary alicyclic amines) is 1. The molecular weight excluding hydrogens is 412 g/mol. The van der Waals surface area contributed by atoms with Crippen LogP contribution in [-0.4, -0.2) is 38.6 Å². The molecule has 1 aromatic carbocycles. The predicted octanol–water partition coefficient (Wildman–Crippen LogP) is 2.68. The van der Waals surface area contributed by atoms with E-state index in [0.717, 1.165) is 30.6 Å². The molecule has 2 aromatic rings. The van der Waals surface area contributed by atoms with Crippen LogP contribution in [0.5, 0.6) is 0 Å².